The summed E-state index contributed by atoms with van der Waals surface area (Å²) in [4.78, 5) is 3.61. The molecule has 0 radical (unpaired) electrons. The van der Waals surface area contributed by atoms with Gasteiger partial charge < -0.3 is 5.73 Å². The van der Waals surface area contributed by atoms with E-state index in [2.05, 4.69) is 9.71 Å². The molecule has 1 aromatic heterocycles. The Bertz CT molecular complexity index is 746. The van der Waals surface area contributed by atoms with Crippen molar-refractivity contribution in [2.45, 2.75) is 4.90 Å². The Kier molecular flexibility index (Phi) is 3.96. The third-order valence-corrected chi connectivity index (χ3v) is 4.00. The second kappa shape index (κ2) is 5.51. The van der Waals surface area contributed by atoms with Gasteiger partial charge in [0.1, 0.15) is 21.4 Å². The summed E-state index contributed by atoms with van der Waals surface area (Å²) in [6.45, 7) is 0. The van der Waals surface area contributed by atoms with Gasteiger partial charge in [0.25, 0.3) is 10.0 Å². The van der Waals surface area contributed by atoms with E-state index in [1.165, 1.54) is 30.5 Å². The summed E-state index contributed by atoms with van der Waals surface area (Å²) >= 11 is 4.77. The van der Waals surface area contributed by atoms with Crippen LogP contribution in [0.5, 0.6) is 0 Å². The molecule has 0 aliphatic rings. The molecule has 0 saturated carbocycles. The van der Waals surface area contributed by atoms with E-state index in [1.54, 1.807) is 0 Å². The minimum atomic E-state index is -3.90. The largest absolute Gasteiger partial charge is 0.388 e. The molecule has 20 heavy (non-hydrogen) atoms. The van der Waals surface area contributed by atoms with Gasteiger partial charge in [-0.2, -0.15) is 0 Å². The van der Waals surface area contributed by atoms with Crippen molar-refractivity contribution in [1.82, 2.24) is 4.98 Å². The Balaban J connectivity index is 2.41. The van der Waals surface area contributed by atoms with E-state index in [0.29, 0.717) is 0 Å². The highest BCUT2D eigenvalue weighted by atomic mass is 32.2. The molecule has 3 N–H and O–H groups in total. The smallest absolute Gasteiger partial charge is 0.264 e. The van der Waals surface area contributed by atoms with E-state index in [4.69, 9.17) is 18.0 Å². The molecule has 0 aliphatic heterocycles. The quantitative estimate of drug-likeness (QED) is 0.839. The van der Waals surface area contributed by atoms with E-state index in [-0.39, 0.29) is 21.3 Å². The molecule has 0 atom stereocenters. The van der Waals surface area contributed by atoms with Gasteiger partial charge in [-0.3, -0.25) is 9.71 Å². The van der Waals surface area contributed by atoms with Gasteiger partial charge in [-0.15, -0.1) is 0 Å². The van der Waals surface area contributed by atoms with Gasteiger partial charge in [0.05, 0.1) is 0 Å². The van der Waals surface area contributed by atoms with Crippen LogP contribution in [-0.2, 0) is 10.0 Å². The number of anilines is 1. The number of hydrogen-bond donors (Lipinski definition) is 2. The SMILES string of the molecule is NC(=S)c1ncccc1S(=O)(=O)Nc1ccc(F)cc1. The molecular formula is C12H10FN3O2S2. The maximum Gasteiger partial charge on any atom is 0.264 e. The Morgan fingerprint density at radius 2 is 1.90 bits per heavy atom. The van der Waals surface area contributed by atoms with Gasteiger partial charge in [-0.25, -0.2) is 12.8 Å². The average molecular weight is 311 g/mol. The van der Waals surface area contributed by atoms with Gasteiger partial charge >= 0.3 is 0 Å². The minimum absolute atomic E-state index is 0.0112. The highest BCUT2D eigenvalue weighted by molar-refractivity contribution is 7.93. The van der Waals surface area contributed by atoms with Crippen molar-refractivity contribution in [2.75, 3.05) is 4.72 Å². The van der Waals surface area contributed by atoms with E-state index in [0.717, 1.165) is 12.1 Å². The van der Waals surface area contributed by atoms with Crippen LogP contribution < -0.4 is 10.5 Å². The zero-order valence-electron chi connectivity index (χ0n) is 10.1. The lowest BCUT2D eigenvalue weighted by Gasteiger charge is -2.10. The molecule has 0 bridgehead atoms. The second-order valence-corrected chi connectivity index (χ2v) is 5.92. The molecule has 8 heteroatoms. The van der Waals surface area contributed by atoms with E-state index < -0.39 is 15.8 Å². The first kappa shape index (κ1) is 14.4. The molecule has 0 fully saturated rings. The zero-order valence-corrected chi connectivity index (χ0v) is 11.7. The summed E-state index contributed by atoms with van der Waals surface area (Å²) in [5.74, 6) is -0.460. The van der Waals surface area contributed by atoms with Crippen molar-refractivity contribution in [3.05, 3.63) is 54.1 Å². The molecule has 104 valence electrons. The molecule has 1 heterocycles. The fraction of sp³-hybridized carbons (Fsp3) is 0. The van der Waals surface area contributed by atoms with Crippen LogP contribution in [0.1, 0.15) is 5.69 Å². The highest BCUT2D eigenvalue weighted by Crippen LogP contribution is 2.18. The summed E-state index contributed by atoms with van der Waals surface area (Å²) in [5.41, 5.74) is 5.69. The number of aromatic nitrogens is 1. The number of pyridine rings is 1. The maximum atomic E-state index is 12.8. The molecule has 2 rings (SSSR count). The summed E-state index contributed by atoms with van der Waals surface area (Å²) in [6, 6.07) is 7.72. The normalized spacial score (nSPS) is 11.1. The summed E-state index contributed by atoms with van der Waals surface area (Å²) < 4.78 is 39.6. The lowest BCUT2D eigenvalue weighted by molar-refractivity contribution is 0.600. The number of halogens is 1. The van der Waals surface area contributed by atoms with Crippen LogP contribution in [0.25, 0.3) is 0 Å². The highest BCUT2D eigenvalue weighted by Gasteiger charge is 2.20. The Morgan fingerprint density at radius 1 is 1.25 bits per heavy atom. The summed E-state index contributed by atoms with van der Waals surface area (Å²) in [5, 5.41) is 0. The Labute approximate surface area is 120 Å². The number of nitrogens with zero attached hydrogens (tertiary/aromatic N) is 1. The molecule has 5 nitrogen and oxygen atoms in total. The van der Waals surface area contributed by atoms with Crippen LogP contribution in [-0.4, -0.2) is 18.4 Å². The number of nitrogens with two attached hydrogens (primary N) is 1. The lowest BCUT2D eigenvalue weighted by Crippen LogP contribution is -2.21. The van der Waals surface area contributed by atoms with E-state index in [9.17, 15) is 12.8 Å². The molecule has 1 aromatic carbocycles. The van der Waals surface area contributed by atoms with E-state index in [1.807, 2.05) is 0 Å². The molecule has 0 unspecified atom stereocenters. The predicted octanol–water partition coefficient (Wildman–Crippen LogP) is 1.66. The number of rotatable bonds is 4. The van der Waals surface area contributed by atoms with Gasteiger partial charge in [-0.05, 0) is 36.4 Å². The topological polar surface area (TPSA) is 85.1 Å². The van der Waals surface area contributed by atoms with Gasteiger partial charge in [0.15, 0.2) is 0 Å². The molecule has 2 aromatic rings. The number of benzene rings is 1. The number of thiocarbonyl (C=S) groups is 1. The monoisotopic (exact) mass is 311 g/mol. The van der Waals surface area contributed by atoms with Crippen LogP contribution in [0.2, 0.25) is 0 Å². The zero-order chi connectivity index (χ0) is 14.8. The van der Waals surface area contributed by atoms with E-state index >= 15 is 0 Å². The van der Waals surface area contributed by atoms with Gasteiger partial charge in [-0.1, -0.05) is 12.2 Å². The van der Waals surface area contributed by atoms with Crippen LogP contribution in [0.3, 0.4) is 0 Å². The van der Waals surface area contributed by atoms with Crippen molar-refractivity contribution < 1.29 is 12.8 Å². The number of sulfonamides is 1. The maximum absolute atomic E-state index is 12.8. The van der Waals surface area contributed by atoms with Crippen LogP contribution >= 0.6 is 12.2 Å². The third-order valence-electron chi connectivity index (χ3n) is 2.39. The summed E-state index contributed by atoms with van der Waals surface area (Å²) in [7, 11) is -3.90. The molecular weight excluding hydrogens is 301 g/mol. The second-order valence-electron chi connectivity index (χ2n) is 3.83. The fourth-order valence-electron chi connectivity index (χ4n) is 1.52. The van der Waals surface area contributed by atoms with Crippen molar-refractivity contribution in [2.24, 2.45) is 5.73 Å². The third kappa shape index (κ3) is 3.09. The van der Waals surface area contributed by atoms with Crippen molar-refractivity contribution in [3.63, 3.8) is 0 Å². The Hall–Kier alpha value is -2.06. The first-order valence-corrected chi connectivity index (χ1v) is 7.32. The molecule has 0 amide bonds. The van der Waals surface area contributed by atoms with Gasteiger partial charge in [0, 0.05) is 11.9 Å². The summed E-state index contributed by atoms with van der Waals surface area (Å²) in [6.07, 6.45) is 1.39. The molecule has 0 spiro atoms. The molecule has 0 saturated heterocycles. The lowest BCUT2D eigenvalue weighted by atomic mass is 10.3. The number of hydrogen-bond acceptors (Lipinski definition) is 4. The van der Waals surface area contributed by atoms with Gasteiger partial charge in [0.2, 0.25) is 0 Å². The van der Waals surface area contributed by atoms with Crippen molar-refractivity contribution in [3.8, 4) is 0 Å². The standard InChI is InChI=1S/C12H10FN3O2S2/c13-8-3-5-9(6-4-8)16-20(17,18)10-2-1-7-15-11(10)12(14)19/h1-7,16H,(H2,14,19). The van der Waals surface area contributed by atoms with Crippen LogP contribution in [0.15, 0.2) is 47.5 Å². The first-order chi connectivity index (χ1) is 9.40. The fourth-order valence-corrected chi connectivity index (χ4v) is 2.98. The van der Waals surface area contributed by atoms with Crippen LogP contribution in [0, 0.1) is 5.82 Å². The molecule has 0 aliphatic carbocycles. The van der Waals surface area contributed by atoms with Crippen molar-refractivity contribution in [1.29, 1.82) is 0 Å². The first-order valence-electron chi connectivity index (χ1n) is 5.43. The minimum Gasteiger partial charge on any atom is -0.388 e. The predicted molar refractivity (Wildman–Crippen MR) is 77.3 cm³/mol. The average Bonchev–Trinajstić information content (AvgIpc) is 2.41. The van der Waals surface area contributed by atoms with Crippen molar-refractivity contribution >= 4 is 32.9 Å². The number of nitrogens with one attached hydrogen (secondary N) is 1. The van der Waals surface area contributed by atoms with Crippen LogP contribution in [0.4, 0.5) is 10.1 Å². The Morgan fingerprint density at radius 3 is 2.50 bits per heavy atom.